The van der Waals surface area contributed by atoms with Crippen molar-refractivity contribution in [3.63, 3.8) is 0 Å². The Bertz CT molecular complexity index is 677. The summed E-state index contributed by atoms with van der Waals surface area (Å²) >= 11 is 0. The summed E-state index contributed by atoms with van der Waals surface area (Å²) in [5.41, 5.74) is 3.12. The van der Waals surface area contributed by atoms with Crippen LogP contribution in [0.2, 0.25) is 0 Å². The van der Waals surface area contributed by atoms with Gasteiger partial charge in [-0.25, -0.2) is 0 Å². The highest BCUT2D eigenvalue weighted by Crippen LogP contribution is 2.24. The van der Waals surface area contributed by atoms with Crippen LogP contribution in [0.25, 0.3) is 22.3 Å². The van der Waals surface area contributed by atoms with Gasteiger partial charge in [-0.2, -0.15) is 5.10 Å². The predicted molar refractivity (Wildman–Crippen MR) is 69.3 cm³/mol. The van der Waals surface area contributed by atoms with Crippen molar-refractivity contribution in [2.45, 2.75) is 0 Å². The number of aromatic amines is 2. The number of aromatic nitrogens is 3. The van der Waals surface area contributed by atoms with Crippen LogP contribution >= 0.6 is 0 Å². The zero-order valence-electron chi connectivity index (χ0n) is 9.82. The fraction of sp³-hybridized carbons (Fsp3) is 0.0769. The van der Waals surface area contributed by atoms with Crippen LogP contribution in [0.4, 0.5) is 0 Å². The van der Waals surface area contributed by atoms with E-state index >= 15 is 0 Å². The second-order valence-electron chi connectivity index (χ2n) is 4.01. The first-order valence-corrected chi connectivity index (χ1v) is 5.63. The van der Waals surface area contributed by atoms with Gasteiger partial charge in [0.25, 0.3) is 5.91 Å². The lowest BCUT2D eigenvalue weighted by atomic mass is 10.2. The van der Waals surface area contributed by atoms with E-state index in [0.29, 0.717) is 11.3 Å². The molecule has 3 N–H and O–H groups in total. The van der Waals surface area contributed by atoms with E-state index < -0.39 is 0 Å². The summed E-state index contributed by atoms with van der Waals surface area (Å²) in [5.74, 6) is -0.155. The third kappa shape index (κ3) is 1.57. The van der Waals surface area contributed by atoms with E-state index in [2.05, 4.69) is 20.5 Å². The molecule has 2 aromatic heterocycles. The van der Waals surface area contributed by atoms with Crippen LogP contribution in [0.5, 0.6) is 0 Å². The number of benzene rings is 1. The number of carbonyl (C=O) groups excluding carboxylic acids is 1. The largest absolute Gasteiger partial charge is 0.355 e. The molecule has 1 amide bonds. The number of nitrogens with one attached hydrogen (secondary N) is 3. The summed E-state index contributed by atoms with van der Waals surface area (Å²) in [6, 6.07) is 9.96. The van der Waals surface area contributed by atoms with Crippen molar-refractivity contribution in [2.24, 2.45) is 0 Å². The third-order valence-electron chi connectivity index (χ3n) is 2.91. The number of amides is 1. The van der Waals surface area contributed by atoms with Gasteiger partial charge in [-0.05, 0) is 12.1 Å². The molecule has 3 rings (SSSR count). The Morgan fingerprint density at radius 1 is 1.33 bits per heavy atom. The Kier molecular flexibility index (Phi) is 2.37. The first kappa shape index (κ1) is 10.6. The van der Waals surface area contributed by atoms with Gasteiger partial charge in [0.1, 0.15) is 0 Å². The Morgan fingerprint density at radius 3 is 2.94 bits per heavy atom. The molecule has 0 spiro atoms. The molecule has 5 heteroatoms. The van der Waals surface area contributed by atoms with Crippen molar-refractivity contribution in [3.05, 3.63) is 42.1 Å². The lowest BCUT2D eigenvalue weighted by molar-refractivity contribution is 0.0964. The van der Waals surface area contributed by atoms with E-state index in [0.717, 1.165) is 16.6 Å². The van der Waals surface area contributed by atoms with Crippen molar-refractivity contribution in [1.29, 1.82) is 0 Å². The highest BCUT2D eigenvalue weighted by Gasteiger charge is 2.15. The minimum atomic E-state index is -0.155. The van der Waals surface area contributed by atoms with Gasteiger partial charge < -0.3 is 10.3 Å². The van der Waals surface area contributed by atoms with Gasteiger partial charge in [-0.1, -0.05) is 18.2 Å². The highest BCUT2D eigenvalue weighted by molar-refractivity contribution is 6.00. The molecule has 0 radical (unpaired) electrons. The van der Waals surface area contributed by atoms with Crippen molar-refractivity contribution >= 4 is 16.8 Å². The number of fused-ring (bicyclic) bond motifs is 1. The van der Waals surface area contributed by atoms with Crippen molar-refractivity contribution < 1.29 is 4.79 Å². The number of hydrogen-bond donors (Lipinski definition) is 3. The minimum Gasteiger partial charge on any atom is -0.355 e. The van der Waals surface area contributed by atoms with Crippen LogP contribution in [-0.4, -0.2) is 28.1 Å². The molecule has 0 atom stereocenters. The summed E-state index contributed by atoms with van der Waals surface area (Å²) in [5, 5.41) is 10.5. The molecule has 2 heterocycles. The standard InChI is InChI=1S/C13H12N4O/c1-14-13(18)9-7-15-17-12(9)11-6-8-4-2-3-5-10(8)16-11/h2-7,16H,1H3,(H,14,18)(H,15,17). The van der Waals surface area contributed by atoms with Gasteiger partial charge in [0.05, 0.1) is 23.1 Å². The van der Waals surface area contributed by atoms with Crippen LogP contribution in [0.1, 0.15) is 10.4 Å². The Hall–Kier alpha value is -2.56. The van der Waals surface area contributed by atoms with E-state index in [4.69, 9.17) is 0 Å². The first-order valence-electron chi connectivity index (χ1n) is 5.63. The summed E-state index contributed by atoms with van der Waals surface area (Å²) < 4.78 is 0. The SMILES string of the molecule is CNC(=O)c1cn[nH]c1-c1cc2ccccc2[nH]1. The average molecular weight is 240 g/mol. The van der Waals surface area contributed by atoms with Gasteiger partial charge in [0.15, 0.2) is 0 Å². The van der Waals surface area contributed by atoms with E-state index in [1.54, 1.807) is 7.05 Å². The topological polar surface area (TPSA) is 73.6 Å². The molecule has 0 aliphatic heterocycles. The smallest absolute Gasteiger partial charge is 0.254 e. The fourth-order valence-electron chi connectivity index (χ4n) is 2.01. The molecule has 0 aliphatic rings. The lowest BCUT2D eigenvalue weighted by Gasteiger charge is -1.99. The number of H-pyrrole nitrogens is 2. The zero-order valence-corrected chi connectivity index (χ0v) is 9.82. The third-order valence-corrected chi connectivity index (χ3v) is 2.91. The molecule has 0 bridgehead atoms. The van der Waals surface area contributed by atoms with E-state index in [1.165, 1.54) is 6.20 Å². The van der Waals surface area contributed by atoms with Crippen LogP contribution < -0.4 is 5.32 Å². The van der Waals surface area contributed by atoms with Crippen molar-refractivity contribution in [3.8, 4) is 11.4 Å². The molecule has 0 fully saturated rings. The molecule has 90 valence electrons. The number of para-hydroxylation sites is 1. The summed E-state index contributed by atoms with van der Waals surface area (Å²) in [6.07, 6.45) is 1.53. The van der Waals surface area contributed by atoms with Gasteiger partial charge in [-0.15, -0.1) is 0 Å². The van der Waals surface area contributed by atoms with Crippen molar-refractivity contribution in [1.82, 2.24) is 20.5 Å². The summed E-state index contributed by atoms with van der Waals surface area (Å²) in [6.45, 7) is 0. The Labute approximate surface area is 103 Å². The average Bonchev–Trinajstić information content (AvgIpc) is 3.03. The predicted octanol–water partition coefficient (Wildman–Crippen LogP) is 1.92. The number of rotatable bonds is 2. The van der Waals surface area contributed by atoms with E-state index in [9.17, 15) is 4.79 Å². The maximum Gasteiger partial charge on any atom is 0.254 e. The van der Waals surface area contributed by atoms with Gasteiger partial charge in [-0.3, -0.25) is 9.89 Å². The minimum absolute atomic E-state index is 0.155. The molecule has 3 aromatic rings. The van der Waals surface area contributed by atoms with Crippen LogP contribution in [0, 0.1) is 0 Å². The van der Waals surface area contributed by atoms with Gasteiger partial charge >= 0.3 is 0 Å². The van der Waals surface area contributed by atoms with Crippen LogP contribution in [-0.2, 0) is 0 Å². The maximum atomic E-state index is 11.7. The van der Waals surface area contributed by atoms with Gasteiger partial charge in [0.2, 0.25) is 0 Å². The Morgan fingerprint density at radius 2 is 2.17 bits per heavy atom. The summed E-state index contributed by atoms with van der Waals surface area (Å²) in [7, 11) is 1.60. The molecule has 5 nitrogen and oxygen atoms in total. The number of carbonyl (C=O) groups is 1. The molecular formula is C13H12N4O. The van der Waals surface area contributed by atoms with Crippen LogP contribution in [0.3, 0.4) is 0 Å². The maximum absolute atomic E-state index is 11.7. The zero-order chi connectivity index (χ0) is 12.5. The monoisotopic (exact) mass is 240 g/mol. The van der Waals surface area contributed by atoms with Gasteiger partial charge in [0, 0.05) is 18.0 Å². The first-order chi connectivity index (χ1) is 8.79. The number of hydrogen-bond acceptors (Lipinski definition) is 2. The van der Waals surface area contributed by atoms with Crippen molar-refractivity contribution in [2.75, 3.05) is 7.05 Å². The molecule has 0 saturated heterocycles. The quantitative estimate of drug-likeness (QED) is 0.640. The molecule has 0 saturated carbocycles. The van der Waals surface area contributed by atoms with Crippen LogP contribution in [0.15, 0.2) is 36.5 Å². The number of nitrogens with zero attached hydrogens (tertiary/aromatic N) is 1. The highest BCUT2D eigenvalue weighted by atomic mass is 16.1. The Balaban J connectivity index is 2.14. The molecule has 1 aromatic carbocycles. The molecule has 0 unspecified atom stereocenters. The molecular weight excluding hydrogens is 228 g/mol. The van der Waals surface area contributed by atoms with E-state index in [1.807, 2.05) is 30.3 Å². The second kappa shape index (κ2) is 4.03. The molecule has 18 heavy (non-hydrogen) atoms. The van der Waals surface area contributed by atoms with E-state index in [-0.39, 0.29) is 5.91 Å². The lowest BCUT2D eigenvalue weighted by Crippen LogP contribution is -2.17. The summed E-state index contributed by atoms with van der Waals surface area (Å²) in [4.78, 5) is 15.0. The molecule has 0 aliphatic carbocycles. The normalized spacial score (nSPS) is 10.7. The fourth-order valence-corrected chi connectivity index (χ4v) is 2.01. The second-order valence-corrected chi connectivity index (χ2v) is 4.01.